The first-order chi connectivity index (χ1) is 12.4. The van der Waals surface area contributed by atoms with E-state index in [0.717, 1.165) is 24.9 Å². The quantitative estimate of drug-likeness (QED) is 0.867. The van der Waals surface area contributed by atoms with E-state index in [-0.39, 0.29) is 35.8 Å². The van der Waals surface area contributed by atoms with Crippen LogP contribution in [0.5, 0.6) is 0 Å². The molecule has 140 valence electrons. The molecular weight excluding hydrogens is 352 g/mol. The number of anilines is 1. The summed E-state index contributed by atoms with van der Waals surface area (Å²) in [4.78, 5) is 26.7. The van der Waals surface area contributed by atoms with E-state index in [2.05, 4.69) is 11.4 Å². The van der Waals surface area contributed by atoms with E-state index in [1.807, 2.05) is 12.1 Å². The van der Waals surface area contributed by atoms with Crippen LogP contribution in [0.2, 0.25) is 0 Å². The highest BCUT2D eigenvalue weighted by molar-refractivity contribution is 7.91. The fourth-order valence-electron chi connectivity index (χ4n) is 4.41. The number of carbonyl (C=O) groups is 2. The first kappa shape index (κ1) is 17.5. The molecule has 7 heteroatoms. The van der Waals surface area contributed by atoms with Gasteiger partial charge in [0, 0.05) is 24.7 Å². The zero-order valence-corrected chi connectivity index (χ0v) is 15.6. The first-order valence-corrected chi connectivity index (χ1v) is 11.2. The van der Waals surface area contributed by atoms with Gasteiger partial charge in [0.05, 0.1) is 17.4 Å². The van der Waals surface area contributed by atoms with E-state index in [1.165, 1.54) is 17.5 Å². The lowest BCUT2D eigenvalue weighted by atomic mass is 9.90. The highest BCUT2D eigenvalue weighted by atomic mass is 32.2. The molecule has 2 aliphatic heterocycles. The Balaban J connectivity index is 1.44. The van der Waals surface area contributed by atoms with Crippen LogP contribution in [0.1, 0.15) is 36.8 Å². The first-order valence-electron chi connectivity index (χ1n) is 9.34. The minimum absolute atomic E-state index is 0.0271. The van der Waals surface area contributed by atoms with Crippen LogP contribution in [0.25, 0.3) is 0 Å². The van der Waals surface area contributed by atoms with Gasteiger partial charge < -0.3 is 10.2 Å². The minimum atomic E-state index is -3.05. The Morgan fingerprint density at radius 3 is 2.77 bits per heavy atom. The SMILES string of the molecule is O=C(Nc1cccc2c1CCCC2)[C@H]1CC(=O)N([C@H]2CCS(=O)(=O)C2)C1. The topological polar surface area (TPSA) is 83.6 Å². The fourth-order valence-corrected chi connectivity index (χ4v) is 6.15. The third kappa shape index (κ3) is 3.37. The van der Waals surface area contributed by atoms with E-state index < -0.39 is 15.8 Å². The van der Waals surface area contributed by atoms with Crippen LogP contribution in [0.4, 0.5) is 5.69 Å². The molecule has 2 fully saturated rings. The molecule has 1 aromatic rings. The second-order valence-electron chi connectivity index (χ2n) is 7.64. The molecule has 0 saturated carbocycles. The number of likely N-dealkylation sites (tertiary alicyclic amines) is 1. The highest BCUT2D eigenvalue weighted by Crippen LogP contribution is 2.30. The standard InChI is InChI=1S/C19H24N2O4S/c22-18-10-14(11-21(18)15-8-9-26(24,25)12-15)19(23)20-17-7-3-5-13-4-1-2-6-16(13)17/h3,5,7,14-15H,1-2,4,6,8-12H2,(H,20,23)/t14-,15-/m0/s1. The summed E-state index contributed by atoms with van der Waals surface area (Å²) in [5.74, 6) is -0.499. The molecule has 0 bridgehead atoms. The zero-order chi connectivity index (χ0) is 18.3. The number of nitrogens with zero attached hydrogens (tertiary/aromatic N) is 1. The van der Waals surface area contributed by atoms with Crippen LogP contribution in [-0.4, -0.2) is 49.2 Å². The van der Waals surface area contributed by atoms with Gasteiger partial charge in [-0.3, -0.25) is 9.59 Å². The Kier molecular flexibility index (Phi) is 4.50. The lowest BCUT2D eigenvalue weighted by Crippen LogP contribution is -2.38. The van der Waals surface area contributed by atoms with Gasteiger partial charge >= 0.3 is 0 Å². The molecule has 2 atom stereocenters. The predicted molar refractivity (Wildman–Crippen MR) is 98.6 cm³/mol. The summed E-state index contributed by atoms with van der Waals surface area (Å²) in [6, 6.07) is 5.75. The predicted octanol–water partition coefficient (Wildman–Crippen LogP) is 1.54. The molecule has 3 aliphatic rings. The molecule has 2 amide bonds. The van der Waals surface area contributed by atoms with Gasteiger partial charge in [0.2, 0.25) is 11.8 Å². The van der Waals surface area contributed by atoms with E-state index in [1.54, 1.807) is 4.90 Å². The molecule has 1 aliphatic carbocycles. The third-order valence-corrected chi connectivity index (χ3v) is 7.58. The number of sulfone groups is 1. The maximum Gasteiger partial charge on any atom is 0.229 e. The summed E-state index contributed by atoms with van der Waals surface area (Å²) in [5, 5.41) is 3.02. The summed E-state index contributed by atoms with van der Waals surface area (Å²) in [7, 11) is -3.05. The van der Waals surface area contributed by atoms with Crippen molar-refractivity contribution < 1.29 is 18.0 Å². The second kappa shape index (κ2) is 6.68. The van der Waals surface area contributed by atoms with E-state index in [0.29, 0.717) is 13.0 Å². The van der Waals surface area contributed by atoms with Crippen molar-refractivity contribution in [3.8, 4) is 0 Å². The van der Waals surface area contributed by atoms with Crippen molar-refractivity contribution in [3.63, 3.8) is 0 Å². The summed E-state index contributed by atoms with van der Waals surface area (Å²) in [6.07, 6.45) is 4.98. The summed E-state index contributed by atoms with van der Waals surface area (Å²) in [5.41, 5.74) is 3.38. The Labute approximate surface area is 153 Å². The van der Waals surface area contributed by atoms with Gasteiger partial charge in [-0.15, -0.1) is 0 Å². The van der Waals surface area contributed by atoms with Gasteiger partial charge in [-0.1, -0.05) is 12.1 Å². The van der Waals surface area contributed by atoms with Crippen molar-refractivity contribution >= 4 is 27.3 Å². The van der Waals surface area contributed by atoms with Crippen LogP contribution in [-0.2, 0) is 32.3 Å². The van der Waals surface area contributed by atoms with Crippen molar-refractivity contribution in [1.29, 1.82) is 0 Å². The number of rotatable bonds is 3. The molecule has 2 saturated heterocycles. The number of fused-ring (bicyclic) bond motifs is 1. The number of carbonyl (C=O) groups excluding carboxylic acids is 2. The van der Waals surface area contributed by atoms with Crippen LogP contribution < -0.4 is 5.32 Å². The summed E-state index contributed by atoms with van der Waals surface area (Å²) >= 11 is 0. The van der Waals surface area contributed by atoms with Gasteiger partial charge in [0.25, 0.3) is 0 Å². The highest BCUT2D eigenvalue weighted by Gasteiger charge is 2.42. The minimum Gasteiger partial charge on any atom is -0.338 e. The Morgan fingerprint density at radius 2 is 2.00 bits per heavy atom. The maximum atomic E-state index is 12.7. The van der Waals surface area contributed by atoms with Gasteiger partial charge in [-0.05, 0) is 49.3 Å². The van der Waals surface area contributed by atoms with Gasteiger partial charge in [-0.25, -0.2) is 8.42 Å². The second-order valence-corrected chi connectivity index (χ2v) is 9.87. The molecule has 0 radical (unpaired) electrons. The molecule has 0 unspecified atom stereocenters. The van der Waals surface area contributed by atoms with Gasteiger partial charge in [-0.2, -0.15) is 0 Å². The number of hydrogen-bond acceptors (Lipinski definition) is 4. The molecule has 2 heterocycles. The van der Waals surface area contributed by atoms with Crippen molar-refractivity contribution in [2.75, 3.05) is 23.4 Å². The zero-order valence-electron chi connectivity index (χ0n) is 14.7. The summed E-state index contributed by atoms with van der Waals surface area (Å²) in [6.45, 7) is 0.319. The molecule has 1 N–H and O–H groups in total. The number of benzene rings is 1. The Morgan fingerprint density at radius 1 is 1.19 bits per heavy atom. The normalized spacial score (nSPS) is 27.4. The van der Waals surface area contributed by atoms with Crippen molar-refractivity contribution in [2.24, 2.45) is 5.92 Å². The van der Waals surface area contributed by atoms with Crippen molar-refractivity contribution in [1.82, 2.24) is 4.90 Å². The van der Waals surface area contributed by atoms with E-state index in [9.17, 15) is 18.0 Å². The maximum absolute atomic E-state index is 12.7. The van der Waals surface area contributed by atoms with E-state index >= 15 is 0 Å². The number of nitrogens with one attached hydrogen (secondary N) is 1. The lowest BCUT2D eigenvalue weighted by Gasteiger charge is -2.23. The largest absolute Gasteiger partial charge is 0.338 e. The monoisotopic (exact) mass is 376 g/mol. The number of hydrogen-bond donors (Lipinski definition) is 1. The van der Waals surface area contributed by atoms with Crippen LogP contribution in [0.3, 0.4) is 0 Å². The summed E-state index contributed by atoms with van der Waals surface area (Å²) < 4.78 is 23.4. The molecule has 0 aromatic heterocycles. The molecule has 1 aromatic carbocycles. The molecule has 26 heavy (non-hydrogen) atoms. The third-order valence-electron chi connectivity index (χ3n) is 5.83. The molecule has 4 rings (SSSR count). The van der Waals surface area contributed by atoms with Crippen LogP contribution in [0, 0.1) is 5.92 Å². The van der Waals surface area contributed by atoms with E-state index in [4.69, 9.17) is 0 Å². The van der Waals surface area contributed by atoms with Crippen LogP contribution in [0.15, 0.2) is 18.2 Å². The fraction of sp³-hybridized carbons (Fsp3) is 0.579. The van der Waals surface area contributed by atoms with Crippen molar-refractivity contribution in [3.05, 3.63) is 29.3 Å². The van der Waals surface area contributed by atoms with Gasteiger partial charge in [0.15, 0.2) is 9.84 Å². The molecule has 0 spiro atoms. The van der Waals surface area contributed by atoms with Crippen LogP contribution >= 0.6 is 0 Å². The molecular formula is C19H24N2O4S. The van der Waals surface area contributed by atoms with Gasteiger partial charge in [0.1, 0.15) is 0 Å². The van der Waals surface area contributed by atoms with Crippen molar-refractivity contribution in [2.45, 2.75) is 44.6 Å². The lowest BCUT2D eigenvalue weighted by molar-refractivity contribution is -0.129. The Hall–Kier alpha value is -1.89. The number of aryl methyl sites for hydroxylation is 1. The average Bonchev–Trinajstić information content (AvgIpc) is 3.17. The Bertz CT molecular complexity index is 849. The smallest absolute Gasteiger partial charge is 0.229 e. The molecule has 6 nitrogen and oxygen atoms in total. The number of amides is 2. The average molecular weight is 376 g/mol.